The van der Waals surface area contributed by atoms with Gasteiger partial charge in [-0.15, -0.1) is 13.2 Å². The van der Waals surface area contributed by atoms with Gasteiger partial charge in [0, 0.05) is 29.9 Å². The molecule has 4 aliphatic heterocycles. The predicted molar refractivity (Wildman–Crippen MR) is 277 cm³/mol. The third kappa shape index (κ3) is 11.4. The van der Waals surface area contributed by atoms with E-state index in [-0.39, 0.29) is 47.4 Å². The van der Waals surface area contributed by atoms with Crippen molar-refractivity contribution in [1.82, 2.24) is 0 Å². The Balaban J connectivity index is 0.785. The maximum absolute atomic E-state index is 13.6. The van der Waals surface area contributed by atoms with Crippen molar-refractivity contribution in [1.29, 1.82) is 0 Å². The summed E-state index contributed by atoms with van der Waals surface area (Å²) in [7, 11) is 0. The van der Waals surface area contributed by atoms with Gasteiger partial charge in [0.25, 0.3) is 0 Å². The standard InChI is InChI=1S/C59H90O16/c1-12-55(8,74-53-49(65)47(63)50(36(7)69-53)72-52(67)34(5)17-15-24-56(9,13-2)75-54-48(64)46(62)45(61)43(30-60)71-54)23-14-16-33(4)51(66)70-38-21-25-57(10)37(28-38)18-19-39-40(57)22-26-58(11)41(39)29-42-44(58)35(6)59(73-42)27-20-32(3)31-68-59/h12-13,16-18,32,35-36,38-50,53-54,60-65H,1-2,14-15,19-31H2,3-11H3/b33-16+,34-17+/t32?,35-,36+,38-,39+,40-,41-,42-,43+,44-,45+,46-,47+,48+,49+,50+,53-,54-,55-,56-,57-,58-,59+/m0/s1. The quantitative estimate of drug-likeness (QED) is 0.0499. The van der Waals surface area contributed by atoms with Crippen molar-refractivity contribution in [2.45, 2.75) is 236 Å². The van der Waals surface area contributed by atoms with Gasteiger partial charge in [-0.2, -0.15) is 0 Å². The number of carbonyl (C=O) groups is 2. The summed E-state index contributed by atoms with van der Waals surface area (Å²) in [6.07, 6.45) is 6.08. The molecule has 7 fully saturated rings. The number of allylic oxidation sites excluding steroid dienone is 3. The number of aliphatic hydroxyl groups excluding tert-OH is 6. The fraction of sp³-hybridized carbons (Fsp3) is 0.797. The van der Waals surface area contributed by atoms with E-state index in [1.165, 1.54) is 37.8 Å². The minimum absolute atomic E-state index is 0.104. The number of esters is 2. The molecule has 8 aliphatic rings. The lowest BCUT2D eigenvalue weighted by Crippen LogP contribution is -2.60. The fourth-order valence-electron chi connectivity index (χ4n) is 14.9. The number of fused-ring (bicyclic) bond motifs is 7. The number of rotatable bonds is 17. The van der Waals surface area contributed by atoms with Gasteiger partial charge in [-0.1, -0.05) is 63.6 Å². The molecule has 23 atom stereocenters. The van der Waals surface area contributed by atoms with Crippen LogP contribution in [0.4, 0.5) is 0 Å². The van der Waals surface area contributed by atoms with Gasteiger partial charge < -0.3 is 68.5 Å². The largest absolute Gasteiger partial charge is 0.459 e. The molecule has 1 unspecified atom stereocenters. The van der Waals surface area contributed by atoms with Gasteiger partial charge in [-0.3, -0.25) is 0 Å². The summed E-state index contributed by atoms with van der Waals surface area (Å²) in [5.41, 5.74) is 0.364. The Hall–Kier alpha value is -2.84. The van der Waals surface area contributed by atoms with Crippen LogP contribution in [0, 0.1) is 46.3 Å². The first-order valence-electron chi connectivity index (χ1n) is 28.1. The molecular weight excluding hydrogens is 965 g/mol. The first-order chi connectivity index (χ1) is 35.3. The summed E-state index contributed by atoms with van der Waals surface area (Å²) >= 11 is 0. The molecule has 4 heterocycles. The molecule has 0 bridgehead atoms. The number of aliphatic hydroxyl groups is 6. The SMILES string of the molecule is C=C[C@@](C)(CC/C=C(\C)C(=O)O[C@H]1[C@H](O)[C@@H](O)[C@H](O[C@@](C)(C=C)CC/C=C(\C)C(=O)O[C@H]2CC[C@@]3(C)C(=CC[C@H]4[C@@H]5C[C@@H]6O[C@]7(CCC(C)CO7)[C@@H](C)[C@@H]6[C@@]5(C)CC[C@@H]43)C2)O[C@@H]1C)O[C@@H]1O[C@H](CO)[C@@H](O)[C@H](O)[C@H]1O. The average molecular weight is 1060 g/mol. The highest BCUT2D eigenvalue weighted by molar-refractivity contribution is 5.88. The van der Waals surface area contributed by atoms with Crippen LogP contribution in [0.2, 0.25) is 0 Å². The summed E-state index contributed by atoms with van der Waals surface area (Å²) in [5.74, 6) is 1.95. The second kappa shape index (κ2) is 22.7. The second-order valence-electron chi connectivity index (χ2n) is 24.9. The molecule has 0 radical (unpaired) electrons. The lowest BCUT2D eigenvalue weighted by Gasteiger charge is -2.58. The maximum Gasteiger partial charge on any atom is 0.333 e. The van der Waals surface area contributed by atoms with E-state index in [4.69, 9.17) is 37.9 Å². The summed E-state index contributed by atoms with van der Waals surface area (Å²) in [4.78, 5) is 26.8. The van der Waals surface area contributed by atoms with E-state index in [2.05, 4.69) is 46.9 Å². The van der Waals surface area contributed by atoms with Crippen molar-refractivity contribution in [3.63, 3.8) is 0 Å². The van der Waals surface area contributed by atoms with Gasteiger partial charge in [0.05, 0.1) is 36.6 Å². The van der Waals surface area contributed by atoms with Gasteiger partial charge in [0.15, 0.2) is 24.5 Å². The summed E-state index contributed by atoms with van der Waals surface area (Å²) in [6.45, 7) is 26.1. The zero-order valence-corrected chi connectivity index (χ0v) is 46.1. The van der Waals surface area contributed by atoms with Crippen LogP contribution in [-0.2, 0) is 47.5 Å². The smallest absolute Gasteiger partial charge is 0.333 e. The van der Waals surface area contributed by atoms with Crippen molar-refractivity contribution in [2.75, 3.05) is 13.2 Å². The van der Waals surface area contributed by atoms with Crippen LogP contribution >= 0.6 is 0 Å². The topological polar surface area (TPSA) is 229 Å². The lowest BCUT2D eigenvalue weighted by molar-refractivity contribution is -0.319. The Morgan fingerprint density at radius 1 is 0.787 bits per heavy atom. The second-order valence-corrected chi connectivity index (χ2v) is 24.9. The molecule has 16 heteroatoms. The molecule has 422 valence electrons. The van der Waals surface area contributed by atoms with Crippen LogP contribution in [0.3, 0.4) is 0 Å². The van der Waals surface area contributed by atoms with Crippen molar-refractivity contribution < 1.29 is 78.1 Å². The van der Waals surface area contributed by atoms with Gasteiger partial charge >= 0.3 is 11.9 Å². The Morgan fingerprint density at radius 3 is 2.00 bits per heavy atom. The van der Waals surface area contributed by atoms with Gasteiger partial charge in [0.2, 0.25) is 0 Å². The van der Waals surface area contributed by atoms with E-state index in [0.717, 1.165) is 45.1 Å². The molecule has 0 aromatic rings. The maximum atomic E-state index is 13.6. The molecule has 8 rings (SSSR count). The molecule has 0 amide bonds. The molecule has 3 saturated carbocycles. The van der Waals surface area contributed by atoms with Crippen molar-refractivity contribution in [3.8, 4) is 0 Å². The number of hydrogen-bond acceptors (Lipinski definition) is 16. The monoisotopic (exact) mass is 1050 g/mol. The molecule has 16 nitrogen and oxygen atoms in total. The average Bonchev–Trinajstić information content (AvgIpc) is 3.83. The highest BCUT2D eigenvalue weighted by atomic mass is 16.7. The van der Waals surface area contributed by atoms with Crippen LogP contribution in [0.15, 0.2) is 60.3 Å². The third-order valence-corrected chi connectivity index (χ3v) is 19.9. The first-order valence-corrected chi connectivity index (χ1v) is 28.1. The summed E-state index contributed by atoms with van der Waals surface area (Å²) < 4.78 is 49.1. The fourth-order valence-corrected chi connectivity index (χ4v) is 14.9. The number of hydrogen-bond donors (Lipinski definition) is 6. The normalized spacial score (nSPS) is 45.5. The highest BCUT2D eigenvalue weighted by Crippen LogP contribution is 2.70. The molecule has 0 aromatic heterocycles. The van der Waals surface area contributed by atoms with E-state index in [9.17, 15) is 40.2 Å². The van der Waals surface area contributed by atoms with Gasteiger partial charge in [-0.05, 0) is 146 Å². The molecule has 0 aromatic carbocycles. The van der Waals surface area contributed by atoms with E-state index in [0.29, 0.717) is 53.9 Å². The van der Waals surface area contributed by atoms with Crippen LogP contribution in [0.5, 0.6) is 0 Å². The van der Waals surface area contributed by atoms with Crippen molar-refractivity contribution >= 4 is 11.9 Å². The molecular formula is C59H90O16. The number of ether oxygens (including phenoxy) is 8. The van der Waals surface area contributed by atoms with E-state index < -0.39 is 91.0 Å². The zero-order chi connectivity index (χ0) is 54.6. The van der Waals surface area contributed by atoms with Crippen molar-refractivity contribution in [2.24, 2.45) is 46.3 Å². The van der Waals surface area contributed by atoms with Gasteiger partial charge in [-0.25, -0.2) is 9.59 Å². The molecule has 75 heavy (non-hydrogen) atoms. The minimum Gasteiger partial charge on any atom is -0.459 e. The Labute approximate surface area is 444 Å². The first kappa shape index (κ1) is 58.3. The van der Waals surface area contributed by atoms with Crippen LogP contribution < -0.4 is 0 Å². The summed E-state index contributed by atoms with van der Waals surface area (Å²) in [5, 5.41) is 62.7. The molecule has 1 spiro atoms. The van der Waals surface area contributed by atoms with Crippen molar-refractivity contribution in [3.05, 3.63) is 60.3 Å². The van der Waals surface area contributed by atoms with Crippen LogP contribution in [-0.4, -0.2) is 146 Å². The Kier molecular flexibility index (Phi) is 17.7. The van der Waals surface area contributed by atoms with E-state index >= 15 is 0 Å². The molecule has 4 saturated heterocycles. The summed E-state index contributed by atoms with van der Waals surface area (Å²) in [6, 6.07) is 0. The van der Waals surface area contributed by atoms with E-state index in [1.807, 2.05) is 6.08 Å². The Bertz CT molecular complexity index is 2170. The highest BCUT2D eigenvalue weighted by Gasteiger charge is 2.69. The zero-order valence-electron chi connectivity index (χ0n) is 46.1. The Morgan fingerprint density at radius 2 is 1.40 bits per heavy atom. The molecule has 4 aliphatic carbocycles. The third-order valence-electron chi connectivity index (χ3n) is 19.9. The molecule has 6 N–H and O–H groups in total. The number of carbonyl (C=O) groups excluding carboxylic acids is 2. The van der Waals surface area contributed by atoms with Crippen LogP contribution in [0.1, 0.15) is 146 Å². The minimum atomic E-state index is -1.61. The lowest BCUT2D eigenvalue weighted by atomic mass is 9.47. The van der Waals surface area contributed by atoms with E-state index in [1.54, 1.807) is 39.8 Å². The van der Waals surface area contributed by atoms with Gasteiger partial charge in [0.1, 0.15) is 42.7 Å². The van der Waals surface area contributed by atoms with Crippen LogP contribution in [0.25, 0.3) is 0 Å². The predicted octanol–water partition coefficient (Wildman–Crippen LogP) is 6.82.